The monoisotopic (exact) mass is 343 g/mol. The van der Waals surface area contributed by atoms with Crippen LogP contribution in [-0.4, -0.2) is 51.9 Å². The maximum atomic E-state index is 14.2. The van der Waals surface area contributed by atoms with Crippen LogP contribution in [0.5, 0.6) is 0 Å². The molecule has 8 heteroatoms. The van der Waals surface area contributed by atoms with Crippen molar-refractivity contribution in [1.82, 2.24) is 14.9 Å². The Morgan fingerprint density at radius 2 is 1.96 bits per heavy atom. The molecule has 1 heterocycles. The average Bonchev–Trinajstić information content (AvgIpc) is 3.05. The Hall–Kier alpha value is -1.51. The first kappa shape index (κ1) is 17.8. The van der Waals surface area contributed by atoms with Gasteiger partial charge in [-0.05, 0) is 37.6 Å². The molecule has 2 N–H and O–H groups in total. The van der Waals surface area contributed by atoms with E-state index in [1.807, 2.05) is 6.92 Å². The summed E-state index contributed by atoms with van der Waals surface area (Å²) in [4.78, 5) is 13.6. The molecule has 0 aromatic heterocycles. The molecule has 1 aliphatic rings. The summed E-state index contributed by atoms with van der Waals surface area (Å²) in [5.74, 6) is -1.19. The van der Waals surface area contributed by atoms with Gasteiger partial charge in [0.05, 0.1) is 10.5 Å². The molecule has 2 rings (SSSR count). The molecule has 6 nitrogen and oxygen atoms in total. The Bertz CT molecular complexity index is 658. The van der Waals surface area contributed by atoms with Crippen molar-refractivity contribution in [2.75, 3.05) is 32.7 Å². The fraction of sp³-hybridized carbons (Fsp3) is 0.533. The van der Waals surface area contributed by atoms with Gasteiger partial charge in [0.15, 0.2) is 0 Å². The number of hydrogen-bond acceptors (Lipinski definition) is 4. The van der Waals surface area contributed by atoms with Crippen LogP contribution in [0.15, 0.2) is 23.1 Å². The van der Waals surface area contributed by atoms with Crippen LogP contribution in [0.3, 0.4) is 0 Å². The second kappa shape index (κ2) is 7.85. The Morgan fingerprint density at radius 3 is 2.57 bits per heavy atom. The minimum Gasteiger partial charge on any atom is -0.339 e. The van der Waals surface area contributed by atoms with Crippen LogP contribution in [-0.2, 0) is 10.0 Å². The highest BCUT2D eigenvalue weighted by atomic mass is 32.2. The molecule has 1 aromatic rings. The molecule has 0 bridgehead atoms. The zero-order valence-electron chi connectivity index (χ0n) is 13.1. The number of likely N-dealkylation sites (N-methyl/N-ethyl adjacent to an activating group) is 1. The normalized spacial score (nSPS) is 15.1. The Kier molecular flexibility index (Phi) is 6.09. The first-order valence-electron chi connectivity index (χ1n) is 7.75. The number of carbonyl (C=O) groups excluding carboxylic acids is 1. The lowest BCUT2D eigenvalue weighted by atomic mass is 10.2. The molecule has 0 aliphatic carbocycles. The lowest BCUT2D eigenvalue weighted by molar-refractivity contribution is 0.0788. The SMILES string of the molecule is CCNCCNS(=O)(=O)c1ccc(C(=O)N2CCCC2)c(F)c1. The number of nitrogens with zero attached hydrogens (tertiary/aromatic N) is 1. The predicted octanol–water partition coefficient (Wildman–Crippen LogP) is 0.949. The smallest absolute Gasteiger partial charge is 0.256 e. The lowest BCUT2D eigenvalue weighted by Gasteiger charge is -2.16. The summed E-state index contributed by atoms with van der Waals surface area (Å²) in [5.41, 5.74) is -0.0847. The molecule has 23 heavy (non-hydrogen) atoms. The lowest BCUT2D eigenvalue weighted by Crippen LogP contribution is -2.32. The Morgan fingerprint density at radius 1 is 1.26 bits per heavy atom. The van der Waals surface area contributed by atoms with Gasteiger partial charge in [-0.2, -0.15) is 0 Å². The summed E-state index contributed by atoms with van der Waals surface area (Å²) in [7, 11) is -3.78. The van der Waals surface area contributed by atoms with Crippen LogP contribution < -0.4 is 10.0 Å². The van der Waals surface area contributed by atoms with Crippen molar-refractivity contribution in [2.24, 2.45) is 0 Å². The van der Waals surface area contributed by atoms with Gasteiger partial charge >= 0.3 is 0 Å². The van der Waals surface area contributed by atoms with Gasteiger partial charge in [0.2, 0.25) is 10.0 Å². The maximum Gasteiger partial charge on any atom is 0.256 e. The molecule has 1 fully saturated rings. The van der Waals surface area contributed by atoms with Crippen LogP contribution >= 0.6 is 0 Å². The molecule has 1 aliphatic heterocycles. The Labute approximate surface area is 136 Å². The number of hydrogen-bond donors (Lipinski definition) is 2. The number of likely N-dealkylation sites (tertiary alicyclic amines) is 1. The van der Waals surface area contributed by atoms with E-state index in [9.17, 15) is 17.6 Å². The third-order valence-corrected chi connectivity index (χ3v) is 5.18. The topological polar surface area (TPSA) is 78.5 Å². The number of rotatable bonds is 7. The van der Waals surface area contributed by atoms with Crippen molar-refractivity contribution in [3.05, 3.63) is 29.6 Å². The molecule has 0 saturated carbocycles. The summed E-state index contributed by atoms with van der Waals surface area (Å²) >= 11 is 0. The summed E-state index contributed by atoms with van der Waals surface area (Å²) in [6.07, 6.45) is 1.82. The largest absolute Gasteiger partial charge is 0.339 e. The van der Waals surface area contributed by atoms with E-state index in [4.69, 9.17) is 0 Å². The van der Waals surface area contributed by atoms with Gasteiger partial charge in [0, 0.05) is 26.2 Å². The fourth-order valence-corrected chi connectivity index (χ4v) is 3.50. The van der Waals surface area contributed by atoms with Crippen molar-refractivity contribution in [2.45, 2.75) is 24.7 Å². The van der Waals surface area contributed by atoms with Crippen molar-refractivity contribution in [3.8, 4) is 0 Å². The van der Waals surface area contributed by atoms with Crippen LogP contribution in [0.1, 0.15) is 30.1 Å². The molecule has 0 spiro atoms. The van der Waals surface area contributed by atoms with Crippen LogP contribution in [0.2, 0.25) is 0 Å². The number of sulfonamides is 1. The summed E-state index contributed by atoms with van der Waals surface area (Å²) in [5, 5.41) is 2.99. The highest BCUT2D eigenvalue weighted by Gasteiger charge is 2.24. The molecular formula is C15H22FN3O3S. The zero-order valence-corrected chi connectivity index (χ0v) is 14.0. The van der Waals surface area contributed by atoms with E-state index in [0.717, 1.165) is 25.5 Å². The second-order valence-corrected chi connectivity index (χ2v) is 7.16. The molecule has 0 unspecified atom stereocenters. The minimum absolute atomic E-state index is 0.0847. The zero-order chi connectivity index (χ0) is 16.9. The van der Waals surface area contributed by atoms with Crippen molar-refractivity contribution < 1.29 is 17.6 Å². The molecule has 0 atom stereocenters. The van der Waals surface area contributed by atoms with Gasteiger partial charge in [-0.1, -0.05) is 6.92 Å². The van der Waals surface area contributed by atoms with E-state index in [2.05, 4.69) is 10.0 Å². The van der Waals surface area contributed by atoms with Gasteiger partial charge in [0.1, 0.15) is 5.82 Å². The van der Waals surface area contributed by atoms with Gasteiger partial charge in [0.25, 0.3) is 5.91 Å². The molecule has 0 radical (unpaired) electrons. The third-order valence-electron chi connectivity index (χ3n) is 3.72. The van der Waals surface area contributed by atoms with Crippen molar-refractivity contribution in [3.63, 3.8) is 0 Å². The van der Waals surface area contributed by atoms with Gasteiger partial charge in [-0.3, -0.25) is 4.79 Å². The molecular weight excluding hydrogens is 321 g/mol. The molecule has 1 amide bonds. The first-order valence-corrected chi connectivity index (χ1v) is 9.23. The number of nitrogens with one attached hydrogen (secondary N) is 2. The van der Waals surface area contributed by atoms with Crippen LogP contribution in [0.25, 0.3) is 0 Å². The minimum atomic E-state index is -3.78. The predicted molar refractivity (Wildman–Crippen MR) is 85.3 cm³/mol. The van der Waals surface area contributed by atoms with Crippen LogP contribution in [0.4, 0.5) is 4.39 Å². The number of benzene rings is 1. The first-order chi connectivity index (χ1) is 11.0. The summed E-state index contributed by atoms with van der Waals surface area (Å²) < 4.78 is 40.7. The van der Waals surface area contributed by atoms with E-state index >= 15 is 0 Å². The molecule has 1 saturated heterocycles. The van der Waals surface area contributed by atoms with E-state index in [-0.39, 0.29) is 22.9 Å². The highest BCUT2D eigenvalue weighted by Crippen LogP contribution is 2.18. The highest BCUT2D eigenvalue weighted by molar-refractivity contribution is 7.89. The van der Waals surface area contributed by atoms with E-state index in [0.29, 0.717) is 19.6 Å². The van der Waals surface area contributed by atoms with Crippen molar-refractivity contribution in [1.29, 1.82) is 0 Å². The fourth-order valence-electron chi connectivity index (χ4n) is 2.46. The Balaban J connectivity index is 2.10. The van der Waals surface area contributed by atoms with E-state index in [1.165, 1.54) is 12.1 Å². The standard InChI is InChI=1S/C15H22FN3O3S/c1-2-17-7-8-18-23(21,22)12-5-6-13(14(16)11-12)15(20)19-9-3-4-10-19/h5-6,11,17-18H,2-4,7-10H2,1H3. The van der Waals surface area contributed by atoms with Crippen molar-refractivity contribution >= 4 is 15.9 Å². The number of carbonyl (C=O) groups is 1. The molecule has 1 aromatic carbocycles. The van der Waals surface area contributed by atoms with Gasteiger partial charge in [-0.15, -0.1) is 0 Å². The number of halogens is 1. The maximum absolute atomic E-state index is 14.2. The van der Waals surface area contributed by atoms with Gasteiger partial charge < -0.3 is 10.2 Å². The third kappa shape index (κ3) is 4.49. The summed E-state index contributed by atoms with van der Waals surface area (Å²) in [6, 6.07) is 3.41. The van der Waals surface area contributed by atoms with Crippen LogP contribution in [0, 0.1) is 5.82 Å². The van der Waals surface area contributed by atoms with E-state index < -0.39 is 15.8 Å². The summed E-state index contributed by atoms with van der Waals surface area (Å²) in [6.45, 7) is 4.59. The molecule has 128 valence electrons. The average molecular weight is 343 g/mol. The van der Waals surface area contributed by atoms with E-state index in [1.54, 1.807) is 4.90 Å². The quantitative estimate of drug-likeness (QED) is 0.723. The number of amides is 1. The second-order valence-electron chi connectivity index (χ2n) is 5.39. The van der Waals surface area contributed by atoms with Gasteiger partial charge in [-0.25, -0.2) is 17.5 Å².